The molecule has 2 saturated carbocycles. The molecule has 1 aromatic carbocycles. The molecule has 302 valence electrons. The largest absolute Gasteiger partial charge is 0.495 e. The standard InChI is InChI=1S/C14H23NOS.C12H12BrNO3.C12H18N4O2.CH3NO/c1-2-3-4-5-6-7-11-10-13(11)14(16)15-17-12-8-9-12;1-3-17-10-6-8(15)7-4-5-9(16-2)11(13)12(7)14-10;1-9-4-3-6-16(9)11(17)8-13-12(18)10-5-7-15(2)14-10;2-1-3/h6-7,11-13H,2-5,8-10H2,1H3,(H,15,16);4-6H,3H2,1-2H3,(H,14,15);5,7,9H,3-4,6,8H2,1-2H3,(H,13,18);1H,(H2,2,3)/b7-6-;;;/t11-,13+;;9-;/m1.1./s1. The number of methoxy groups -OCH3 is 1. The van der Waals surface area contributed by atoms with E-state index in [4.69, 9.17) is 14.3 Å². The lowest BCUT2D eigenvalue weighted by molar-refractivity contribution is -0.130. The van der Waals surface area contributed by atoms with Crippen molar-refractivity contribution < 1.29 is 28.7 Å². The summed E-state index contributed by atoms with van der Waals surface area (Å²) >= 11 is 5.04. The molecule has 0 bridgehead atoms. The van der Waals surface area contributed by atoms with Gasteiger partial charge in [-0.05, 0) is 111 Å². The summed E-state index contributed by atoms with van der Waals surface area (Å²) in [7, 11) is 3.32. The first-order chi connectivity index (χ1) is 26.5. The van der Waals surface area contributed by atoms with Crippen LogP contribution in [-0.4, -0.2) is 81.9 Å². The Balaban J connectivity index is 0.000000214. The van der Waals surface area contributed by atoms with Crippen LogP contribution in [0.4, 0.5) is 0 Å². The van der Waals surface area contributed by atoms with Crippen LogP contribution in [0.1, 0.15) is 89.0 Å². The normalized spacial score (nSPS) is 18.1. The Morgan fingerprint density at radius 2 is 1.91 bits per heavy atom. The van der Waals surface area contributed by atoms with Gasteiger partial charge in [-0.2, -0.15) is 5.10 Å². The van der Waals surface area contributed by atoms with Crippen molar-refractivity contribution in [2.45, 2.75) is 89.9 Å². The molecule has 3 atom stereocenters. The lowest BCUT2D eigenvalue weighted by atomic mass is 10.2. The number of nitrogens with zero attached hydrogens (tertiary/aromatic N) is 3. The highest BCUT2D eigenvalue weighted by molar-refractivity contribution is 9.10. The van der Waals surface area contributed by atoms with Crippen LogP contribution in [0.3, 0.4) is 0 Å². The molecule has 5 N–H and O–H groups in total. The number of aromatic amines is 1. The molecule has 3 aromatic rings. The number of nitrogens with one attached hydrogen (secondary N) is 3. The third-order valence-electron chi connectivity index (χ3n) is 9.01. The fourth-order valence-corrected chi connectivity index (χ4v) is 7.15. The molecule has 3 aliphatic rings. The van der Waals surface area contributed by atoms with Gasteiger partial charge in [0.2, 0.25) is 18.2 Å². The Morgan fingerprint density at radius 1 is 1.16 bits per heavy atom. The lowest BCUT2D eigenvalue weighted by Crippen LogP contribution is -2.41. The summed E-state index contributed by atoms with van der Waals surface area (Å²) in [6.07, 6.45) is 17.2. The van der Waals surface area contributed by atoms with Gasteiger partial charge in [0.1, 0.15) is 11.4 Å². The summed E-state index contributed by atoms with van der Waals surface area (Å²) in [4.78, 5) is 60.6. The van der Waals surface area contributed by atoms with Crippen molar-refractivity contribution in [3.8, 4) is 11.6 Å². The SMILES string of the molecule is CCCCC/C=C\[C@@H]1C[C@@H]1C(=O)NSC1CC1.CCOc1cc(=O)c2ccc(OC)c(Br)c2[nH]1.C[C@@H]1CCCN1C(=O)CNC(=O)c1ccn(C)n1.NC=O. The van der Waals surface area contributed by atoms with E-state index in [0.29, 0.717) is 46.0 Å². The first-order valence-electron chi connectivity index (χ1n) is 18.8. The van der Waals surface area contributed by atoms with Gasteiger partial charge in [-0.25, -0.2) is 0 Å². The summed E-state index contributed by atoms with van der Waals surface area (Å²) in [5, 5.41) is 7.89. The number of H-pyrrole nitrogens is 1. The molecular formula is C39H56BrN7O7S. The second kappa shape index (κ2) is 23.6. The number of likely N-dealkylation sites (tertiary alicyclic amines) is 1. The number of hydrogen-bond acceptors (Lipinski definition) is 9. The second-order valence-electron chi connectivity index (χ2n) is 13.4. The first-order valence-corrected chi connectivity index (χ1v) is 20.5. The topological polar surface area (TPSA) is 191 Å². The summed E-state index contributed by atoms with van der Waals surface area (Å²) in [5.41, 5.74) is 5.10. The van der Waals surface area contributed by atoms with E-state index in [1.165, 1.54) is 44.6 Å². The van der Waals surface area contributed by atoms with Crippen LogP contribution in [0.25, 0.3) is 10.9 Å². The number of rotatable bonds is 14. The predicted octanol–water partition coefficient (Wildman–Crippen LogP) is 5.65. The van der Waals surface area contributed by atoms with Crippen molar-refractivity contribution in [1.29, 1.82) is 0 Å². The fraction of sp³-hybridized carbons (Fsp3) is 0.538. The molecule has 55 heavy (non-hydrogen) atoms. The number of benzene rings is 1. The van der Waals surface area contributed by atoms with E-state index >= 15 is 0 Å². The van der Waals surface area contributed by atoms with E-state index in [1.54, 1.807) is 55.2 Å². The van der Waals surface area contributed by atoms with E-state index in [1.807, 2.05) is 18.7 Å². The molecule has 6 rings (SSSR count). The molecule has 2 aliphatic carbocycles. The highest BCUT2D eigenvalue weighted by atomic mass is 79.9. The van der Waals surface area contributed by atoms with Crippen LogP contribution in [0.15, 0.2) is 51.9 Å². The average Bonchev–Trinajstić information content (AvgIpc) is 4.07. The number of halogens is 1. The van der Waals surface area contributed by atoms with Crippen molar-refractivity contribution >= 4 is 62.9 Å². The number of hydrogen-bond donors (Lipinski definition) is 4. The first kappa shape index (κ1) is 45.1. The number of primary amides is 1. The van der Waals surface area contributed by atoms with Gasteiger partial charge in [0, 0.05) is 48.5 Å². The third-order valence-corrected chi connectivity index (χ3v) is 10.9. The molecule has 1 aliphatic heterocycles. The fourth-order valence-electron chi connectivity index (χ4n) is 5.73. The van der Waals surface area contributed by atoms with Crippen LogP contribution in [0.2, 0.25) is 0 Å². The van der Waals surface area contributed by atoms with Gasteiger partial charge in [-0.15, -0.1) is 0 Å². The summed E-state index contributed by atoms with van der Waals surface area (Å²) in [6.45, 7) is 7.46. The van der Waals surface area contributed by atoms with Crippen LogP contribution in [-0.2, 0) is 21.4 Å². The molecule has 14 nitrogen and oxygen atoms in total. The Kier molecular flexibility index (Phi) is 19.3. The number of unbranched alkanes of at least 4 members (excludes halogenated alkanes) is 3. The van der Waals surface area contributed by atoms with E-state index in [0.717, 1.165) is 30.3 Å². The maximum absolute atomic E-state index is 11.9. The van der Waals surface area contributed by atoms with Gasteiger partial charge in [-0.3, -0.25) is 33.4 Å². The van der Waals surface area contributed by atoms with Crippen LogP contribution in [0.5, 0.6) is 11.6 Å². The van der Waals surface area contributed by atoms with Gasteiger partial charge < -0.3 is 30.4 Å². The minimum absolute atomic E-state index is 0.0238. The summed E-state index contributed by atoms with van der Waals surface area (Å²) < 4.78 is 15.8. The van der Waals surface area contributed by atoms with Crippen LogP contribution in [0, 0.1) is 11.8 Å². The second-order valence-corrected chi connectivity index (χ2v) is 15.3. The maximum atomic E-state index is 11.9. The minimum Gasteiger partial charge on any atom is -0.495 e. The number of pyridine rings is 1. The summed E-state index contributed by atoms with van der Waals surface area (Å²) in [6, 6.07) is 6.84. The smallest absolute Gasteiger partial charge is 0.272 e. The Morgan fingerprint density at radius 3 is 2.51 bits per heavy atom. The maximum Gasteiger partial charge on any atom is 0.272 e. The monoisotopic (exact) mass is 845 g/mol. The molecule has 0 unspecified atom stereocenters. The predicted molar refractivity (Wildman–Crippen MR) is 220 cm³/mol. The minimum atomic E-state index is -0.309. The molecule has 3 heterocycles. The number of nitrogens with two attached hydrogens (primary N) is 1. The van der Waals surface area contributed by atoms with Gasteiger partial charge in [0.25, 0.3) is 5.91 Å². The Hall–Kier alpha value is -4.31. The molecular weight excluding hydrogens is 790 g/mol. The average molecular weight is 847 g/mol. The number of amides is 4. The zero-order valence-corrected chi connectivity index (χ0v) is 34.9. The lowest BCUT2D eigenvalue weighted by Gasteiger charge is -2.21. The molecule has 0 radical (unpaired) electrons. The van der Waals surface area contributed by atoms with E-state index in [2.05, 4.69) is 60.9 Å². The van der Waals surface area contributed by atoms with Crippen molar-refractivity contribution in [3.05, 3.63) is 63.0 Å². The third kappa shape index (κ3) is 15.0. The molecule has 1 saturated heterocycles. The van der Waals surface area contributed by atoms with Crippen LogP contribution >= 0.6 is 27.9 Å². The number of carbonyl (C=O) groups excluding carboxylic acids is 4. The van der Waals surface area contributed by atoms with Gasteiger partial charge in [0.15, 0.2) is 11.3 Å². The van der Waals surface area contributed by atoms with Crippen molar-refractivity contribution in [1.82, 2.24) is 29.7 Å². The number of aromatic nitrogens is 3. The highest BCUT2D eigenvalue weighted by Crippen LogP contribution is 2.41. The number of carbonyl (C=O) groups is 4. The molecule has 3 fully saturated rings. The van der Waals surface area contributed by atoms with E-state index < -0.39 is 0 Å². The van der Waals surface area contributed by atoms with Crippen LogP contribution < -0.4 is 30.7 Å². The zero-order chi connectivity index (χ0) is 40.3. The van der Waals surface area contributed by atoms with Gasteiger partial charge in [0.05, 0.1) is 30.3 Å². The number of allylic oxidation sites excluding steroid dienone is 2. The molecule has 2 aromatic heterocycles. The Labute approximate surface area is 336 Å². The highest BCUT2D eigenvalue weighted by Gasteiger charge is 2.41. The quantitative estimate of drug-likeness (QED) is 0.0688. The molecule has 0 spiro atoms. The van der Waals surface area contributed by atoms with Gasteiger partial charge >= 0.3 is 0 Å². The zero-order valence-electron chi connectivity index (χ0n) is 32.5. The number of fused-ring (bicyclic) bond motifs is 1. The van der Waals surface area contributed by atoms with E-state index in [9.17, 15) is 19.2 Å². The van der Waals surface area contributed by atoms with Crippen molar-refractivity contribution in [2.75, 3.05) is 26.8 Å². The Bertz CT molecular complexity index is 1800. The van der Waals surface area contributed by atoms with E-state index in [-0.39, 0.29) is 48.1 Å². The molecule has 4 amide bonds. The van der Waals surface area contributed by atoms with Gasteiger partial charge in [-0.1, -0.05) is 31.9 Å². The number of aryl methyl sites for hydroxylation is 1. The number of ether oxygens (including phenoxy) is 2. The van der Waals surface area contributed by atoms with Crippen molar-refractivity contribution in [2.24, 2.45) is 24.6 Å². The molecule has 16 heteroatoms. The van der Waals surface area contributed by atoms with Crippen molar-refractivity contribution in [3.63, 3.8) is 0 Å². The summed E-state index contributed by atoms with van der Waals surface area (Å²) in [5.74, 6) is 1.84.